The van der Waals surface area contributed by atoms with Gasteiger partial charge in [0.1, 0.15) is 0 Å². The molecule has 4 aromatic carbocycles. The van der Waals surface area contributed by atoms with Crippen LogP contribution in [0.1, 0.15) is 53.2 Å². The standard InChI is InChI=1S/C33H29NO/c35-32(31-19-21-15-17-34(31)18-16-21)22-13-14-26-25-9-3-6-12-29(25)33(30(26)20-22)27-10-4-1-7-23(27)24-8-2-5-11-28(24)33/h1-14,20-21,31-32,35H,15-19H2/t31-,32+/m0/s1. The molecule has 5 aliphatic rings. The van der Waals surface area contributed by atoms with Gasteiger partial charge in [-0.1, -0.05) is 91.0 Å². The number of aliphatic hydroxyl groups excluding tert-OH is 1. The molecule has 0 amide bonds. The maximum Gasteiger partial charge on any atom is 0.0945 e. The highest BCUT2D eigenvalue weighted by Crippen LogP contribution is 2.62. The highest BCUT2D eigenvalue weighted by molar-refractivity contribution is 5.94. The highest BCUT2D eigenvalue weighted by Gasteiger charge is 2.51. The average molecular weight is 456 g/mol. The first-order valence-corrected chi connectivity index (χ1v) is 13.1. The van der Waals surface area contributed by atoms with E-state index in [0.717, 1.165) is 31.0 Å². The van der Waals surface area contributed by atoms with Crippen molar-refractivity contribution >= 4 is 0 Å². The van der Waals surface area contributed by atoms with Crippen molar-refractivity contribution in [2.75, 3.05) is 13.1 Å². The van der Waals surface area contributed by atoms with Gasteiger partial charge in [0, 0.05) is 6.04 Å². The molecule has 1 N–H and O–H groups in total. The van der Waals surface area contributed by atoms with Gasteiger partial charge in [-0.15, -0.1) is 0 Å². The Kier molecular flexibility index (Phi) is 4.10. The van der Waals surface area contributed by atoms with E-state index in [0.29, 0.717) is 0 Å². The molecule has 3 aliphatic heterocycles. The van der Waals surface area contributed by atoms with Crippen molar-refractivity contribution in [2.24, 2.45) is 5.92 Å². The highest BCUT2D eigenvalue weighted by atomic mass is 16.3. The minimum Gasteiger partial charge on any atom is -0.387 e. The third kappa shape index (κ3) is 2.51. The molecule has 0 aromatic heterocycles. The lowest BCUT2D eigenvalue weighted by Gasteiger charge is -2.47. The summed E-state index contributed by atoms with van der Waals surface area (Å²) in [5.74, 6) is 0.776. The lowest BCUT2D eigenvalue weighted by molar-refractivity contribution is -0.0269. The van der Waals surface area contributed by atoms with Crippen LogP contribution in [0.4, 0.5) is 0 Å². The van der Waals surface area contributed by atoms with E-state index in [1.807, 2.05) is 0 Å². The molecule has 3 fully saturated rings. The molecule has 4 aromatic rings. The first-order chi connectivity index (χ1) is 17.3. The molecule has 0 radical (unpaired) electrons. The van der Waals surface area contributed by atoms with Crippen LogP contribution in [0.3, 0.4) is 0 Å². The normalized spacial score (nSPS) is 25.1. The van der Waals surface area contributed by atoms with Gasteiger partial charge in [0.25, 0.3) is 0 Å². The summed E-state index contributed by atoms with van der Waals surface area (Å²) in [7, 11) is 0. The Labute approximate surface area is 206 Å². The van der Waals surface area contributed by atoms with Crippen molar-refractivity contribution < 1.29 is 5.11 Å². The summed E-state index contributed by atoms with van der Waals surface area (Å²) in [6.45, 7) is 2.26. The van der Waals surface area contributed by atoms with Crippen molar-refractivity contribution in [1.82, 2.24) is 4.90 Å². The van der Waals surface area contributed by atoms with Gasteiger partial charge in [-0.3, -0.25) is 4.90 Å². The van der Waals surface area contributed by atoms with Crippen LogP contribution in [0, 0.1) is 5.92 Å². The van der Waals surface area contributed by atoms with Crippen LogP contribution in [-0.2, 0) is 5.41 Å². The Morgan fingerprint density at radius 2 is 1.17 bits per heavy atom. The summed E-state index contributed by atoms with van der Waals surface area (Å²) < 4.78 is 0. The van der Waals surface area contributed by atoms with Gasteiger partial charge in [0.05, 0.1) is 11.5 Å². The summed E-state index contributed by atoms with van der Waals surface area (Å²) in [6, 6.07) is 33.8. The smallest absolute Gasteiger partial charge is 0.0945 e. The molecule has 3 saturated heterocycles. The fraction of sp³-hybridized carbons (Fsp3) is 0.273. The zero-order valence-electron chi connectivity index (χ0n) is 19.8. The number of hydrogen-bond acceptors (Lipinski definition) is 2. The van der Waals surface area contributed by atoms with E-state index in [4.69, 9.17) is 0 Å². The second kappa shape index (κ2) is 7.16. The quantitative estimate of drug-likeness (QED) is 0.320. The van der Waals surface area contributed by atoms with Crippen molar-refractivity contribution in [2.45, 2.75) is 36.8 Å². The molecule has 2 bridgehead atoms. The first-order valence-electron chi connectivity index (χ1n) is 13.1. The van der Waals surface area contributed by atoms with Crippen LogP contribution >= 0.6 is 0 Å². The zero-order valence-corrected chi connectivity index (χ0v) is 19.8. The Morgan fingerprint density at radius 1 is 0.657 bits per heavy atom. The lowest BCUT2D eigenvalue weighted by Crippen LogP contribution is -2.51. The van der Waals surface area contributed by atoms with E-state index in [9.17, 15) is 5.11 Å². The average Bonchev–Trinajstić information content (AvgIpc) is 3.40. The van der Waals surface area contributed by atoms with Crippen LogP contribution in [-0.4, -0.2) is 29.1 Å². The molecule has 172 valence electrons. The number of fused-ring (bicyclic) bond motifs is 13. The number of benzene rings is 4. The van der Waals surface area contributed by atoms with Crippen molar-refractivity contribution in [3.05, 3.63) is 119 Å². The lowest BCUT2D eigenvalue weighted by atomic mass is 9.70. The van der Waals surface area contributed by atoms with E-state index < -0.39 is 6.10 Å². The van der Waals surface area contributed by atoms with Crippen LogP contribution in [0.2, 0.25) is 0 Å². The van der Waals surface area contributed by atoms with Crippen molar-refractivity contribution in [3.8, 4) is 22.3 Å². The minimum atomic E-state index is -0.448. The summed E-state index contributed by atoms with van der Waals surface area (Å²) in [5, 5.41) is 11.7. The van der Waals surface area contributed by atoms with Gasteiger partial charge in [-0.05, 0) is 88.3 Å². The Balaban J connectivity index is 1.37. The second-order valence-electron chi connectivity index (χ2n) is 10.9. The van der Waals surface area contributed by atoms with Crippen LogP contribution < -0.4 is 0 Å². The summed E-state index contributed by atoms with van der Waals surface area (Å²) in [4.78, 5) is 2.53. The fourth-order valence-corrected chi connectivity index (χ4v) is 7.86. The van der Waals surface area contributed by atoms with Crippen LogP contribution in [0.25, 0.3) is 22.3 Å². The van der Waals surface area contributed by atoms with E-state index in [1.54, 1.807) is 0 Å². The summed E-state index contributed by atoms with van der Waals surface area (Å²) in [5.41, 5.74) is 11.4. The first kappa shape index (κ1) is 20.0. The zero-order chi connectivity index (χ0) is 23.1. The molecule has 0 saturated carbocycles. The molecule has 0 unspecified atom stereocenters. The van der Waals surface area contributed by atoms with Gasteiger partial charge in [0.2, 0.25) is 0 Å². The number of piperidine rings is 3. The summed E-state index contributed by atoms with van der Waals surface area (Å²) in [6.07, 6.45) is 3.25. The van der Waals surface area contributed by atoms with Crippen molar-refractivity contribution in [1.29, 1.82) is 0 Å². The number of rotatable bonds is 2. The molecule has 9 rings (SSSR count). The number of hydrogen-bond donors (Lipinski definition) is 1. The third-order valence-corrected chi connectivity index (χ3v) is 9.42. The molecule has 1 spiro atoms. The predicted molar refractivity (Wildman–Crippen MR) is 140 cm³/mol. The van der Waals surface area contributed by atoms with Crippen LogP contribution in [0.5, 0.6) is 0 Å². The molecule has 3 heterocycles. The van der Waals surface area contributed by atoms with E-state index >= 15 is 0 Å². The predicted octanol–water partition coefficient (Wildman–Crippen LogP) is 6.55. The van der Waals surface area contributed by atoms with E-state index in [-0.39, 0.29) is 11.5 Å². The second-order valence-corrected chi connectivity index (χ2v) is 10.9. The number of aliphatic hydroxyl groups is 1. The van der Waals surface area contributed by atoms with E-state index in [1.165, 1.54) is 57.3 Å². The largest absolute Gasteiger partial charge is 0.387 e. The van der Waals surface area contributed by atoms with Crippen LogP contribution in [0.15, 0.2) is 91.0 Å². The third-order valence-electron chi connectivity index (χ3n) is 9.42. The number of nitrogens with zero attached hydrogens (tertiary/aromatic N) is 1. The van der Waals surface area contributed by atoms with Gasteiger partial charge in [0.15, 0.2) is 0 Å². The topological polar surface area (TPSA) is 23.5 Å². The molecule has 35 heavy (non-hydrogen) atoms. The molecule has 2 atom stereocenters. The van der Waals surface area contributed by atoms with Gasteiger partial charge >= 0.3 is 0 Å². The Morgan fingerprint density at radius 3 is 1.69 bits per heavy atom. The van der Waals surface area contributed by atoms with Gasteiger partial charge in [-0.2, -0.15) is 0 Å². The molecule has 2 aliphatic carbocycles. The SMILES string of the molecule is O[C@H](c1ccc2c(c1)C1(c3ccccc3-c3ccccc31)c1ccccc1-2)[C@@H]1CC2CCN1CC2. The molecular weight excluding hydrogens is 426 g/mol. The molecular formula is C33H29NO. The van der Waals surface area contributed by atoms with Gasteiger partial charge < -0.3 is 5.11 Å². The Hall–Kier alpha value is -3.20. The minimum absolute atomic E-state index is 0.239. The maximum atomic E-state index is 11.7. The Bertz CT molecular complexity index is 1410. The fourth-order valence-electron chi connectivity index (χ4n) is 7.86. The molecule has 2 heteroatoms. The van der Waals surface area contributed by atoms with Crippen molar-refractivity contribution in [3.63, 3.8) is 0 Å². The van der Waals surface area contributed by atoms with Gasteiger partial charge in [-0.25, -0.2) is 0 Å². The summed E-state index contributed by atoms with van der Waals surface area (Å²) >= 11 is 0. The monoisotopic (exact) mass is 455 g/mol. The van der Waals surface area contributed by atoms with E-state index in [2.05, 4.69) is 95.9 Å². The molecule has 2 nitrogen and oxygen atoms in total. The maximum absolute atomic E-state index is 11.7.